The second kappa shape index (κ2) is 6.66. The van der Waals surface area contributed by atoms with Crippen molar-refractivity contribution in [3.05, 3.63) is 35.6 Å². The van der Waals surface area contributed by atoms with E-state index in [2.05, 4.69) is 0 Å². The zero-order valence-electron chi connectivity index (χ0n) is 11.5. The van der Waals surface area contributed by atoms with Crippen LogP contribution in [0.3, 0.4) is 0 Å². The van der Waals surface area contributed by atoms with E-state index in [0.29, 0.717) is 12.0 Å². The van der Waals surface area contributed by atoms with E-state index in [4.69, 9.17) is 5.73 Å². The van der Waals surface area contributed by atoms with Crippen LogP contribution in [0.2, 0.25) is 0 Å². The third-order valence-electron chi connectivity index (χ3n) is 3.93. The molecule has 0 amide bonds. The summed E-state index contributed by atoms with van der Waals surface area (Å²) in [5.74, 6) is -1.14. The molecule has 0 saturated heterocycles. The maximum absolute atomic E-state index is 13.4. The molecule has 0 fully saturated rings. The van der Waals surface area contributed by atoms with Crippen LogP contribution in [0.1, 0.15) is 38.7 Å². The van der Waals surface area contributed by atoms with Crippen LogP contribution in [0.5, 0.6) is 0 Å². The van der Waals surface area contributed by atoms with Crippen molar-refractivity contribution in [1.29, 1.82) is 0 Å². The van der Waals surface area contributed by atoms with Gasteiger partial charge in [-0.25, -0.2) is 4.39 Å². The van der Waals surface area contributed by atoms with Gasteiger partial charge in [0.1, 0.15) is 11.2 Å². The first-order valence-corrected chi connectivity index (χ1v) is 6.69. The molecule has 1 aromatic carbocycles. The van der Waals surface area contributed by atoms with Crippen molar-refractivity contribution in [3.8, 4) is 0 Å². The van der Waals surface area contributed by atoms with Crippen LogP contribution >= 0.6 is 0 Å². The van der Waals surface area contributed by atoms with Gasteiger partial charge in [0.25, 0.3) is 0 Å². The molecule has 0 aromatic heterocycles. The first kappa shape index (κ1) is 15.6. The maximum Gasteiger partial charge on any atom is 0.315 e. The number of halogens is 1. The van der Waals surface area contributed by atoms with Gasteiger partial charge in [-0.2, -0.15) is 0 Å². The Morgan fingerprint density at radius 1 is 1.42 bits per heavy atom. The monoisotopic (exact) mass is 267 g/mol. The van der Waals surface area contributed by atoms with E-state index in [1.807, 2.05) is 13.8 Å². The lowest BCUT2D eigenvalue weighted by atomic mass is 9.72. The Labute approximate surface area is 113 Å². The fraction of sp³-hybridized carbons (Fsp3) is 0.533. The summed E-state index contributed by atoms with van der Waals surface area (Å²) < 4.78 is 13.4. The molecule has 0 spiro atoms. The predicted molar refractivity (Wildman–Crippen MR) is 73.5 cm³/mol. The Kier molecular flexibility index (Phi) is 5.48. The van der Waals surface area contributed by atoms with E-state index in [9.17, 15) is 14.3 Å². The third-order valence-corrected chi connectivity index (χ3v) is 3.93. The molecule has 0 aliphatic rings. The first-order valence-electron chi connectivity index (χ1n) is 6.69. The minimum Gasteiger partial charge on any atom is -0.481 e. The summed E-state index contributed by atoms with van der Waals surface area (Å²) in [6.07, 6.45) is 2.22. The summed E-state index contributed by atoms with van der Waals surface area (Å²) in [4.78, 5) is 11.7. The summed E-state index contributed by atoms with van der Waals surface area (Å²) in [5, 5.41) is 9.61. The minimum atomic E-state index is -1.20. The molecule has 19 heavy (non-hydrogen) atoms. The topological polar surface area (TPSA) is 63.3 Å². The largest absolute Gasteiger partial charge is 0.481 e. The SMILES string of the molecule is CCC(CC)CC(CN)(C(=O)O)c1cccc(F)c1. The van der Waals surface area contributed by atoms with Gasteiger partial charge in [-0.3, -0.25) is 4.79 Å². The number of carboxylic acid groups (broad SMARTS) is 1. The Morgan fingerprint density at radius 2 is 2.05 bits per heavy atom. The number of carbonyl (C=O) groups is 1. The number of benzene rings is 1. The van der Waals surface area contributed by atoms with Crippen LogP contribution in [0.15, 0.2) is 24.3 Å². The lowest BCUT2D eigenvalue weighted by Gasteiger charge is -2.32. The van der Waals surface area contributed by atoms with E-state index < -0.39 is 17.2 Å². The average molecular weight is 267 g/mol. The van der Waals surface area contributed by atoms with Gasteiger partial charge in [0, 0.05) is 6.54 Å². The lowest BCUT2D eigenvalue weighted by Crippen LogP contribution is -2.44. The number of carboxylic acids is 1. The van der Waals surface area contributed by atoms with E-state index in [0.717, 1.165) is 12.8 Å². The molecule has 0 bridgehead atoms. The zero-order valence-corrected chi connectivity index (χ0v) is 11.5. The summed E-state index contributed by atoms with van der Waals surface area (Å²) in [7, 11) is 0. The molecule has 0 aliphatic carbocycles. The van der Waals surface area contributed by atoms with Crippen molar-refractivity contribution in [2.45, 2.75) is 38.5 Å². The fourth-order valence-corrected chi connectivity index (χ4v) is 2.47. The summed E-state index contributed by atoms with van der Waals surface area (Å²) in [5.41, 5.74) is 5.00. The Hall–Kier alpha value is -1.42. The molecular formula is C15H22FNO2. The van der Waals surface area contributed by atoms with Gasteiger partial charge in [-0.15, -0.1) is 0 Å². The van der Waals surface area contributed by atoms with E-state index in [1.165, 1.54) is 18.2 Å². The van der Waals surface area contributed by atoms with Crippen molar-refractivity contribution in [1.82, 2.24) is 0 Å². The Bertz CT molecular complexity index is 432. The number of rotatable bonds is 7. The van der Waals surface area contributed by atoms with Gasteiger partial charge in [0.2, 0.25) is 0 Å². The smallest absolute Gasteiger partial charge is 0.315 e. The molecule has 0 heterocycles. The number of aliphatic carboxylic acids is 1. The maximum atomic E-state index is 13.4. The molecule has 3 N–H and O–H groups in total. The highest BCUT2D eigenvalue weighted by molar-refractivity contribution is 5.81. The standard InChI is InChI=1S/C15H22FNO2/c1-3-11(4-2)9-15(10-17,14(18)19)12-6-5-7-13(16)8-12/h5-8,11H,3-4,9-10,17H2,1-2H3,(H,18,19). The lowest BCUT2D eigenvalue weighted by molar-refractivity contribution is -0.144. The molecule has 106 valence electrons. The molecular weight excluding hydrogens is 245 g/mol. The summed E-state index contributed by atoms with van der Waals surface area (Å²) in [6, 6.07) is 5.77. The van der Waals surface area contributed by atoms with Crippen molar-refractivity contribution in [2.75, 3.05) is 6.54 Å². The number of hydrogen-bond acceptors (Lipinski definition) is 2. The van der Waals surface area contributed by atoms with E-state index in [-0.39, 0.29) is 12.5 Å². The molecule has 1 aromatic rings. The molecule has 0 aliphatic heterocycles. The predicted octanol–water partition coefficient (Wildman–Crippen LogP) is 2.93. The molecule has 4 heteroatoms. The van der Waals surface area contributed by atoms with Crippen molar-refractivity contribution >= 4 is 5.97 Å². The first-order chi connectivity index (χ1) is 9.00. The molecule has 0 radical (unpaired) electrons. The average Bonchev–Trinajstić information content (AvgIpc) is 2.40. The van der Waals surface area contributed by atoms with Gasteiger partial charge in [-0.05, 0) is 30.0 Å². The van der Waals surface area contributed by atoms with Crippen LogP contribution < -0.4 is 5.73 Å². The number of nitrogens with two attached hydrogens (primary N) is 1. The zero-order chi connectivity index (χ0) is 14.5. The quantitative estimate of drug-likeness (QED) is 0.798. The molecule has 0 saturated carbocycles. The van der Waals surface area contributed by atoms with Gasteiger partial charge < -0.3 is 10.8 Å². The number of hydrogen-bond donors (Lipinski definition) is 2. The molecule has 3 nitrogen and oxygen atoms in total. The highest BCUT2D eigenvalue weighted by Gasteiger charge is 2.40. The minimum absolute atomic E-state index is 0.0255. The van der Waals surface area contributed by atoms with E-state index in [1.54, 1.807) is 6.07 Å². The Balaban J connectivity index is 3.22. The van der Waals surface area contributed by atoms with Crippen molar-refractivity contribution in [2.24, 2.45) is 11.7 Å². The normalized spacial score (nSPS) is 14.4. The van der Waals surface area contributed by atoms with Gasteiger partial charge >= 0.3 is 5.97 Å². The second-order valence-electron chi connectivity index (χ2n) is 4.99. The third kappa shape index (κ3) is 3.32. The molecule has 1 rings (SSSR count). The summed E-state index contributed by atoms with van der Waals surface area (Å²) in [6.45, 7) is 4.04. The van der Waals surface area contributed by atoms with Crippen LogP contribution in [-0.2, 0) is 10.2 Å². The van der Waals surface area contributed by atoms with Gasteiger partial charge in [0.05, 0.1) is 0 Å². The van der Waals surface area contributed by atoms with Crippen molar-refractivity contribution < 1.29 is 14.3 Å². The Morgan fingerprint density at radius 3 is 2.47 bits per heavy atom. The summed E-state index contributed by atoms with van der Waals surface area (Å²) >= 11 is 0. The second-order valence-corrected chi connectivity index (χ2v) is 4.99. The van der Waals surface area contributed by atoms with Crippen LogP contribution in [0.4, 0.5) is 4.39 Å². The molecule has 1 atom stereocenters. The van der Waals surface area contributed by atoms with Gasteiger partial charge in [0.15, 0.2) is 0 Å². The highest BCUT2D eigenvalue weighted by atomic mass is 19.1. The van der Waals surface area contributed by atoms with Crippen LogP contribution in [0, 0.1) is 11.7 Å². The van der Waals surface area contributed by atoms with Crippen LogP contribution in [-0.4, -0.2) is 17.6 Å². The van der Waals surface area contributed by atoms with Gasteiger partial charge in [-0.1, -0.05) is 38.8 Å². The fourth-order valence-electron chi connectivity index (χ4n) is 2.47. The van der Waals surface area contributed by atoms with Crippen molar-refractivity contribution in [3.63, 3.8) is 0 Å². The molecule has 1 unspecified atom stereocenters. The highest BCUT2D eigenvalue weighted by Crippen LogP contribution is 2.33. The van der Waals surface area contributed by atoms with Crippen LogP contribution in [0.25, 0.3) is 0 Å². The van der Waals surface area contributed by atoms with E-state index >= 15 is 0 Å².